The molecule has 0 bridgehead atoms. The third-order valence-electron chi connectivity index (χ3n) is 4.22. The number of hydrogen-bond donors (Lipinski definition) is 0. The van der Waals surface area contributed by atoms with Crippen LogP contribution in [-0.4, -0.2) is 0 Å². The summed E-state index contributed by atoms with van der Waals surface area (Å²) in [7, 11) is 0. The monoisotopic (exact) mass is 254 g/mol. The third kappa shape index (κ3) is 11.1. The predicted octanol–water partition coefficient (Wildman–Crippen LogP) is 6.98. The molecule has 0 amide bonds. The van der Waals surface area contributed by atoms with Crippen molar-refractivity contribution in [3.63, 3.8) is 0 Å². The van der Waals surface area contributed by atoms with Crippen LogP contribution in [0.2, 0.25) is 0 Å². The fourth-order valence-electron chi connectivity index (χ4n) is 2.97. The van der Waals surface area contributed by atoms with Crippen LogP contribution in [0.25, 0.3) is 0 Å². The molecule has 0 aromatic rings. The summed E-state index contributed by atoms with van der Waals surface area (Å²) in [5.74, 6) is 1.98. The molecule has 0 aliphatic rings. The molecule has 2 unspecified atom stereocenters. The quantitative estimate of drug-likeness (QED) is 0.311. The first kappa shape index (κ1) is 18.0. The van der Waals surface area contributed by atoms with Gasteiger partial charge in [0.2, 0.25) is 0 Å². The van der Waals surface area contributed by atoms with Crippen LogP contribution < -0.4 is 0 Å². The van der Waals surface area contributed by atoms with Gasteiger partial charge in [0.25, 0.3) is 0 Å². The highest BCUT2D eigenvalue weighted by Gasteiger charge is 2.12. The van der Waals surface area contributed by atoms with E-state index in [1.54, 1.807) is 0 Å². The average Bonchev–Trinajstić information content (AvgIpc) is 2.38. The van der Waals surface area contributed by atoms with Crippen LogP contribution in [0, 0.1) is 11.8 Å². The Bertz CT molecular complexity index is 150. The maximum atomic E-state index is 2.47. The van der Waals surface area contributed by atoms with Crippen molar-refractivity contribution in [3.05, 3.63) is 0 Å². The second kappa shape index (κ2) is 13.4. The molecule has 0 aromatic heterocycles. The van der Waals surface area contributed by atoms with Gasteiger partial charge in [0.1, 0.15) is 0 Å². The van der Waals surface area contributed by atoms with Gasteiger partial charge in [-0.05, 0) is 18.3 Å². The van der Waals surface area contributed by atoms with Crippen LogP contribution >= 0.6 is 0 Å². The Morgan fingerprint density at radius 2 is 1.17 bits per heavy atom. The topological polar surface area (TPSA) is 0 Å². The van der Waals surface area contributed by atoms with E-state index in [1.165, 1.54) is 77.0 Å². The van der Waals surface area contributed by atoms with E-state index in [1.807, 2.05) is 0 Å². The summed E-state index contributed by atoms with van der Waals surface area (Å²) in [6.45, 7) is 9.42. The summed E-state index contributed by atoms with van der Waals surface area (Å²) < 4.78 is 0. The molecule has 110 valence electrons. The Morgan fingerprint density at radius 1 is 0.611 bits per heavy atom. The van der Waals surface area contributed by atoms with Crippen LogP contribution in [0.1, 0.15) is 105 Å². The smallest absolute Gasteiger partial charge is 0.0412 e. The first-order chi connectivity index (χ1) is 8.74. The zero-order valence-corrected chi connectivity index (χ0v) is 13.6. The molecule has 0 heterocycles. The molecule has 0 N–H and O–H groups in total. The molecule has 2 atom stereocenters. The lowest BCUT2D eigenvalue weighted by atomic mass is 9.85. The molecule has 0 saturated heterocycles. The van der Waals surface area contributed by atoms with E-state index in [9.17, 15) is 0 Å². The van der Waals surface area contributed by atoms with Crippen molar-refractivity contribution >= 4 is 0 Å². The van der Waals surface area contributed by atoms with E-state index in [4.69, 9.17) is 0 Å². The Morgan fingerprint density at radius 3 is 1.78 bits per heavy atom. The van der Waals surface area contributed by atoms with Crippen LogP contribution in [0.15, 0.2) is 0 Å². The molecule has 18 heavy (non-hydrogen) atoms. The Hall–Kier alpha value is 0. The minimum Gasteiger partial charge on any atom is -0.0654 e. The molecule has 0 fully saturated rings. The molecular weight excluding hydrogens is 216 g/mol. The lowest BCUT2D eigenvalue weighted by Crippen LogP contribution is -2.07. The highest BCUT2D eigenvalue weighted by molar-refractivity contribution is 4.65. The predicted molar refractivity (Wildman–Crippen MR) is 85.1 cm³/mol. The first-order valence-corrected chi connectivity index (χ1v) is 8.74. The van der Waals surface area contributed by atoms with Gasteiger partial charge in [0.15, 0.2) is 0 Å². The van der Waals surface area contributed by atoms with Crippen LogP contribution in [-0.2, 0) is 0 Å². The molecule has 0 aliphatic heterocycles. The molecule has 0 heteroatoms. The van der Waals surface area contributed by atoms with E-state index >= 15 is 0 Å². The second-order valence-corrected chi connectivity index (χ2v) is 6.34. The molecule has 0 saturated carbocycles. The Balaban J connectivity index is 3.81. The van der Waals surface area contributed by atoms with Crippen LogP contribution in [0.5, 0.6) is 0 Å². The minimum absolute atomic E-state index is 0.956. The van der Waals surface area contributed by atoms with Gasteiger partial charge in [-0.2, -0.15) is 0 Å². The fourth-order valence-corrected chi connectivity index (χ4v) is 2.97. The highest BCUT2D eigenvalue weighted by atomic mass is 14.2. The van der Waals surface area contributed by atoms with Gasteiger partial charge >= 0.3 is 0 Å². The molecule has 0 aromatic carbocycles. The van der Waals surface area contributed by atoms with E-state index in [0.29, 0.717) is 0 Å². The van der Waals surface area contributed by atoms with E-state index in [0.717, 1.165) is 11.8 Å². The molecule has 0 aliphatic carbocycles. The Kier molecular flexibility index (Phi) is 13.4. The largest absolute Gasteiger partial charge is 0.0654 e. The van der Waals surface area contributed by atoms with Crippen molar-refractivity contribution in [2.75, 3.05) is 0 Å². The maximum Gasteiger partial charge on any atom is -0.0412 e. The molecule has 0 rings (SSSR count). The van der Waals surface area contributed by atoms with Crippen molar-refractivity contribution < 1.29 is 0 Å². The van der Waals surface area contributed by atoms with Gasteiger partial charge in [-0.1, -0.05) is 98.3 Å². The van der Waals surface area contributed by atoms with Gasteiger partial charge in [0.05, 0.1) is 0 Å². The van der Waals surface area contributed by atoms with Gasteiger partial charge in [-0.15, -0.1) is 0 Å². The van der Waals surface area contributed by atoms with Crippen molar-refractivity contribution in [2.45, 2.75) is 105 Å². The molecular formula is C18H38. The molecule has 0 radical (unpaired) electrons. The highest BCUT2D eigenvalue weighted by Crippen LogP contribution is 2.26. The Labute approximate surface area is 117 Å². The second-order valence-electron chi connectivity index (χ2n) is 6.34. The third-order valence-corrected chi connectivity index (χ3v) is 4.22. The zero-order chi connectivity index (χ0) is 13.6. The van der Waals surface area contributed by atoms with Crippen molar-refractivity contribution in [2.24, 2.45) is 11.8 Å². The number of rotatable bonds is 13. The van der Waals surface area contributed by atoms with E-state index in [2.05, 4.69) is 27.7 Å². The lowest BCUT2D eigenvalue weighted by molar-refractivity contribution is 0.317. The van der Waals surface area contributed by atoms with E-state index in [-0.39, 0.29) is 0 Å². The van der Waals surface area contributed by atoms with Gasteiger partial charge in [-0.25, -0.2) is 0 Å². The van der Waals surface area contributed by atoms with Crippen molar-refractivity contribution in [1.29, 1.82) is 0 Å². The zero-order valence-electron chi connectivity index (χ0n) is 13.6. The van der Waals surface area contributed by atoms with Crippen LogP contribution in [0.4, 0.5) is 0 Å². The number of unbranched alkanes of at least 4 members (excludes halogenated alkanes) is 5. The average molecular weight is 255 g/mol. The summed E-state index contributed by atoms with van der Waals surface area (Å²) in [5, 5.41) is 0. The summed E-state index contributed by atoms with van der Waals surface area (Å²) in [6.07, 6.45) is 17.3. The summed E-state index contributed by atoms with van der Waals surface area (Å²) in [6, 6.07) is 0. The normalized spacial score (nSPS) is 14.7. The lowest BCUT2D eigenvalue weighted by Gasteiger charge is -2.21. The maximum absolute atomic E-state index is 2.47. The van der Waals surface area contributed by atoms with Crippen molar-refractivity contribution in [3.8, 4) is 0 Å². The standard InChI is InChI=1S/C18H38/c1-5-8-11-12-15-18(14-10-7-3)16-17(4)13-9-6-2/h17-18H,5-16H2,1-4H3. The van der Waals surface area contributed by atoms with Gasteiger partial charge < -0.3 is 0 Å². The summed E-state index contributed by atoms with van der Waals surface area (Å²) >= 11 is 0. The first-order valence-electron chi connectivity index (χ1n) is 8.74. The number of hydrogen-bond acceptors (Lipinski definition) is 0. The SMILES string of the molecule is CCCCCCC(CCCC)CC(C)CCCC. The fraction of sp³-hybridized carbons (Fsp3) is 1.00. The summed E-state index contributed by atoms with van der Waals surface area (Å²) in [4.78, 5) is 0. The minimum atomic E-state index is 0.956. The van der Waals surface area contributed by atoms with Crippen LogP contribution in [0.3, 0.4) is 0 Å². The van der Waals surface area contributed by atoms with E-state index < -0.39 is 0 Å². The summed E-state index contributed by atoms with van der Waals surface area (Å²) in [5.41, 5.74) is 0. The molecule has 0 nitrogen and oxygen atoms in total. The van der Waals surface area contributed by atoms with Gasteiger partial charge in [0, 0.05) is 0 Å². The van der Waals surface area contributed by atoms with Gasteiger partial charge in [-0.3, -0.25) is 0 Å². The van der Waals surface area contributed by atoms with Crippen molar-refractivity contribution in [1.82, 2.24) is 0 Å². The molecule has 0 spiro atoms.